The molecule has 1 aromatic rings. The maximum absolute atomic E-state index is 13.5. The minimum atomic E-state index is -4.36. The first-order chi connectivity index (χ1) is 8.92. The Morgan fingerprint density at radius 1 is 1.21 bits per heavy atom. The summed E-state index contributed by atoms with van der Waals surface area (Å²) in [7, 11) is 1.74. The highest BCUT2D eigenvalue weighted by molar-refractivity contribution is 5.29. The number of halogens is 4. The molecule has 1 rings (SSSR count). The summed E-state index contributed by atoms with van der Waals surface area (Å²) in [4.78, 5) is 0. The van der Waals surface area contributed by atoms with Gasteiger partial charge in [0.1, 0.15) is 13.2 Å². The number of hydrogen-bond acceptors (Lipinski definition) is 3. The second-order valence-electron chi connectivity index (χ2n) is 3.81. The lowest BCUT2D eigenvalue weighted by Gasteiger charge is -2.10. The van der Waals surface area contributed by atoms with Crippen molar-refractivity contribution < 1.29 is 27.0 Å². The normalized spacial score (nSPS) is 11.6. The summed E-state index contributed by atoms with van der Waals surface area (Å²) >= 11 is 0. The van der Waals surface area contributed by atoms with E-state index in [0.717, 1.165) is 5.56 Å². The van der Waals surface area contributed by atoms with Gasteiger partial charge < -0.3 is 14.8 Å². The zero-order valence-electron chi connectivity index (χ0n) is 10.4. The van der Waals surface area contributed by atoms with Crippen LogP contribution in [-0.2, 0) is 11.3 Å². The van der Waals surface area contributed by atoms with Gasteiger partial charge in [0.15, 0.2) is 11.6 Å². The molecule has 0 aromatic heterocycles. The van der Waals surface area contributed by atoms with Gasteiger partial charge in [-0.25, -0.2) is 4.39 Å². The molecule has 0 spiro atoms. The maximum atomic E-state index is 13.5. The van der Waals surface area contributed by atoms with Crippen LogP contribution in [0.2, 0.25) is 0 Å². The van der Waals surface area contributed by atoms with Crippen molar-refractivity contribution in [2.45, 2.75) is 12.7 Å². The van der Waals surface area contributed by atoms with Crippen LogP contribution >= 0.6 is 0 Å². The van der Waals surface area contributed by atoms with Crippen LogP contribution in [-0.4, -0.2) is 33.0 Å². The molecule has 0 aliphatic carbocycles. The summed E-state index contributed by atoms with van der Waals surface area (Å²) in [5, 5.41) is 2.87. The van der Waals surface area contributed by atoms with Crippen molar-refractivity contribution in [2.24, 2.45) is 0 Å². The minimum absolute atomic E-state index is 0.00420. The Labute approximate surface area is 108 Å². The highest BCUT2D eigenvalue weighted by atomic mass is 19.4. The van der Waals surface area contributed by atoms with E-state index in [4.69, 9.17) is 4.74 Å². The number of ether oxygens (including phenoxy) is 2. The van der Waals surface area contributed by atoms with Gasteiger partial charge in [-0.1, -0.05) is 6.07 Å². The number of benzene rings is 1. The van der Waals surface area contributed by atoms with Crippen LogP contribution in [0.15, 0.2) is 18.2 Å². The predicted molar refractivity (Wildman–Crippen MR) is 61.5 cm³/mol. The summed E-state index contributed by atoms with van der Waals surface area (Å²) in [6.07, 6.45) is -4.36. The Morgan fingerprint density at radius 2 is 1.95 bits per heavy atom. The van der Waals surface area contributed by atoms with Crippen molar-refractivity contribution in [3.8, 4) is 5.75 Å². The molecule has 0 amide bonds. The average Bonchev–Trinajstić information content (AvgIpc) is 2.30. The fourth-order valence-electron chi connectivity index (χ4n) is 1.37. The van der Waals surface area contributed by atoms with Gasteiger partial charge in [-0.3, -0.25) is 0 Å². The molecule has 19 heavy (non-hydrogen) atoms. The van der Waals surface area contributed by atoms with Crippen molar-refractivity contribution in [2.75, 3.05) is 26.9 Å². The van der Waals surface area contributed by atoms with E-state index in [0.29, 0.717) is 6.54 Å². The molecule has 0 unspecified atom stereocenters. The fraction of sp³-hybridized carbons (Fsp3) is 0.500. The Kier molecular flexibility index (Phi) is 6.04. The molecule has 0 saturated heterocycles. The van der Waals surface area contributed by atoms with Crippen molar-refractivity contribution >= 4 is 0 Å². The van der Waals surface area contributed by atoms with Gasteiger partial charge in [0, 0.05) is 6.54 Å². The molecule has 0 bridgehead atoms. The van der Waals surface area contributed by atoms with E-state index in [-0.39, 0.29) is 19.0 Å². The highest BCUT2D eigenvalue weighted by Crippen LogP contribution is 2.18. The number of alkyl halides is 3. The molecule has 0 radical (unpaired) electrons. The third kappa shape index (κ3) is 6.40. The molecule has 1 N–H and O–H groups in total. The van der Waals surface area contributed by atoms with E-state index in [9.17, 15) is 17.6 Å². The molecule has 3 nitrogen and oxygen atoms in total. The second-order valence-corrected chi connectivity index (χ2v) is 3.81. The van der Waals surface area contributed by atoms with Crippen LogP contribution in [0, 0.1) is 5.82 Å². The van der Waals surface area contributed by atoms with Gasteiger partial charge in [0.2, 0.25) is 0 Å². The first kappa shape index (κ1) is 15.7. The summed E-state index contributed by atoms with van der Waals surface area (Å²) in [6, 6.07) is 4.42. The SMILES string of the molecule is CNCc1ccc(OCCOCC(F)(F)F)c(F)c1. The third-order valence-electron chi connectivity index (χ3n) is 2.13. The third-order valence-corrected chi connectivity index (χ3v) is 2.13. The smallest absolute Gasteiger partial charge is 0.411 e. The minimum Gasteiger partial charge on any atom is -0.488 e. The molecule has 0 atom stereocenters. The topological polar surface area (TPSA) is 30.5 Å². The summed E-state index contributed by atoms with van der Waals surface area (Å²) < 4.78 is 58.1. The Bertz CT molecular complexity index is 396. The van der Waals surface area contributed by atoms with Crippen LogP contribution in [0.4, 0.5) is 17.6 Å². The van der Waals surface area contributed by atoms with Gasteiger partial charge >= 0.3 is 6.18 Å². The van der Waals surface area contributed by atoms with Crippen LogP contribution in [0.1, 0.15) is 5.56 Å². The van der Waals surface area contributed by atoms with Gasteiger partial charge in [0.25, 0.3) is 0 Å². The van der Waals surface area contributed by atoms with Crippen LogP contribution in [0.3, 0.4) is 0 Å². The number of nitrogens with one attached hydrogen (secondary N) is 1. The Balaban J connectivity index is 2.33. The van der Waals surface area contributed by atoms with Crippen molar-refractivity contribution in [3.05, 3.63) is 29.6 Å². The summed E-state index contributed by atoms with van der Waals surface area (Å²) in [5.41, 5.74) is 0.751. The van der Waals surface area contributed by atoms with E-state index >= 15 is 0 Å². The lowest BCUT2D eigenvalue weighted by Crippen LogP contribution is -2.19. The molecular formula is C12H15F4NO2. The lowest BCUT2D eigenvalue weighted by atomic mass is 10.2. The van der Waals surface area contributed by atoms with Crippen LogP contribution < -0.4 is 10.1 Å². The molecule has 1 aromatic carbocycles. The number of hydrogen-bond donors (Lipinski definition) is 1. The van der Waals surface area contributed by atoms with Gasteiger partial charge in [-0.2, -0.15) is 13.2 Å². The molecular weight excluding hydrogens is 266 g/mol. The highest BCUT2D eigenvalue weighted by Gasteiger charge is 2.27. The first-order valence-electron chi connectivity index (χ1n) is 5.62. The van der Waals surface area contributed by atoms with Gasteiger partial charge in [-0.05, 0) is 24.7 Å². The Morgan fingerprint density at radius 3 is 2.53 bits per heavy atom. The van der Waals surface area contributed by atoms with Gasteiger partial charge in [0.05, 0.1) is 6.61 Å². The van der Waals surface area contributed by atoms with E-state index in [2.05, 4.69) is 10.1 Å². The van der Waals surface area contributed by atoms with Crippen molar-refractivity contribution in [1.29, 1.82) is 0 Å². The standard InChI is InChI=1S/C12H15F4NO2/c1-17-7-9-2-3-11(10(13)6-9)19-5-4-18-8-12(14,15)16/h2-3,6,17H,4-5,7-8H2,1H3. The molecule has 7 heteroatoms. The summed E-state index contributed by atoms with van der Waals surface area (Å²) in [5.74, 6) is -0.556. The molecule has 0 fully saturated rings. The largest absolute Gasteiger partial charge is 0.488 e. The zero-order valence-corrected chi connectivity index (χ0v) is 10.4. The van der Waals surface area contributed by atoms with Crippen LogP contribution in [0.5, 0.6) is 5.75 Å². The lowest BCUT2D eigenvalue weighted by molar-refractivity contribution is -0.175. The van der Waals surface area contributed by atoms with E-state index in [1.54, 1.807) is 13.1 Å². The van der Waals surface area contributed by atoms with E-state index in [1.165, 1.54) is 12.1 Å². The van der Waals surface area contributed by atoms with Crippen LogP contribution in [0.25, 0.3) is 0 Å². The Hall–Kier alpha value is -1.34. The molecule has 108 valence electrons. The summed E-state index contributed by atoms with van der Waals surface area (Å²) in [6.45, 7) is -1.21. The second kappa shape index (κ2) is 7.30. The van der Waals surface area contributed by atoms with E-state index < -0.39 is 18.6 Å². The fourth-order valence-corrected chi connectivity index (χ4v) is 1.37. The monoisotopic (exact) mass is 281 g/mol. The average molecular weight is 281 g/mol. The van der Waals surface area contributed by atoms with Crippen molar-refractivity contribution in [3.63, 3.8) is 0 Å². The zero-order chi connectivity index (χ0) is 14.3. The molecule has 0 saturated carbocycles. The molecule has 0 aliphatic rings. The quantitative estimate of drug-likeness (QED) is 0.615. The molecule has 0 aliphatic heterocycles. The van der Waals surface area contributed by atoms with Gasteiger partial charge in [-0.15, -0.1) is 0 Å². The first-order valence-corrected chi connectivity index (χ1v) is 5.62. The maximum Gasteiger partial charge on any atom is 0.411 e. The van der Waals surface area contributed by atoms with E-state index in [1.807, 2.05) is 0 Å². The number of rotatable bonds is 7. The predicted octanol–water partition coefficient (Wildman–Crippen LogP) is 2.50. The molecule has 0 heterocycles. The van der Waals surface area contributed by atoms with Crippen molar-refractivity contribution in [1.82, 2.24) is 5.32 Å².